The fourth-order valence-corrected chi connectivity index (χ4v) is 6.42. The molecular formula is C31H32Cl2N2O2. The van der Waals surface area contributed by atoms with E-state index in [9.17, 15) is 9.59 Å². The van der Waals surface area contributed by atoms with E-state index in [0.717, 1.165) is 30.4 Å². The first-order valence-corrected chi connectivity index (χ1v) is 13.9. The Morgan fingerprint density at radius 1 is 0.892 bits per heavy atom. The second kappa shape index (κ2) is 11.7. The number of rotatable bonds is 7. The third-order valence-corrected chi connectivity index (χ3v) is 8.30. The molecule has 1 saturated carbocycles. The van der Waals surface area contributed by atoms with Gasteiger partial charge in [-0.15, -0.1) is 0 Å². The molecule has 3 aromatic carbocycles. The van der Waals surface area contributed by atoms with Gasteiger partial charge in [-0.05, 0) is 60.1 Å². The van der Waals surface area contributed by atoms with E-state index in [1.54, 1.807) is 12.1 Å². The zero-order chi connectivity index (χ0) is 25.8. The highest BCUT2D eigenvalue weighted by molar-refractivity contribution is 6.35. The number of hydrogen-bond donors (Lipinski definition) is 1. The van der Waals surface area contributed by atoms with E-state index < -0.39 is 12.0 Å². The number of nitrogens with zero attached hydrogens (tertiary/aromatic N) is 1. The monoisotopic (exact) mass is 534 g/mol. The maximum absolute atomic E-state index is 13.9. The van der Waals surface area contributed by atoms with Crippen molar-refractivity contribution >= 4 is 35.0 Å². The molecule has 1 fully saturated rings. The van der Waals surface area contributed by atoms with Crippen LogP contribution < -0.4 is 5.32 Å². The summed E-state index contributed by atoms with van der Waals surface area (Å²) in [6, 6.07) is 22.5. The Balaban J connectivity index is 1.52. The van der Waals surface area contributed by atoms with Crippen LogP contribution in [0.5, 0.6) is 0 Å². The van der Waals surface area contributed by atoms with Crippen LogP contribution in [0.25, 0.3) is 0 Å². The summed E-state index contributed by atoms with van der Waals surface area (Å²) < 4.78 is 0. The first-order valence-electron chi connectivity index (χ1n) is 13.2. The summed E-state index contributed by atoms with van der Waals surface area (Å²) in [5.41, 5.74) is 3.27. The van der Waals surface area contributed by atoms with Crippen molar-refractivity contribution in [1.82, 2.24) is 10.2 Å². The number of halogens is 2. The topological polar surface area (TPSA) is 49.4 Å². The first-order chi connectivity index (χ1) is 18.0. The number of amides is 2. The van der Waals surface area contributed by atoms with Crippen LogP contribution in [0.15, 0.2) is 72.8 Å². The minimum atomic E-state index is -0.577. The molecule has 3 aromatic rings. The molecule has 1 aliphatic heterocycles. The third kappa shape index (κ3) is 5.71. The van der Waals surface area contributed by atoms with Crippen molar-refractivity contribution in [3.8, 4) is 0 Å². The van der Waals surface area contributed by atoms with Gasteiger partial charge in [0.15, 0.2) is 0 Å². The number of fused-ring (bicyclic) bond motifs is 1. The fourth-order valence-electron chi connectivity index (χ4n) is 5.90. The lowest BCUT2D eigenvalue weighted by molar-refractivity contribution is -0.124. The van der Waals surface area contributed by atoms with Crippen molar-refractivity contribution in [3.63, 3.8) is 0 Å². The third-order valence-electron chi connectivity index (χ3n) is 7.74. The van der Waals surface area contributed by atoms with Gasteiger partial charge in [0, 0.05) is 28.7 Å². The summed E-state index contributed by atoms with van der Waals surface area (Å²) in [5, 5.41) is 4.16. The average Bonchev–Trinajstić information content (AvgIpc) is 2.91. The zero-order valence-electron chi connectivity index (χ0n) is 20.8. The van der Waals surface area contributed by atoms with Gasteiger partial charge in [-0.2, -0.15) is 0 Å². The van der Waals surface area contributed by atoms with Crippen molar-refractivity contribution in [1.29, 1.82) is 0 Å². The zero-order valence-corrected chi connectivity index (χ0v) is 22.3. The molecule has 4 nitrogen and oxygen atoms in total. The molecule has 37 heavy (non-hydrogen) atoms. The summed E-state index contributed by atoms with van der Waals surface area (Å²) in [6.45, 7) is 1.13. The number of carbonyl (C=O) groups excluding carboxylic acids is 2. The van der Waals surface area contributed by atoms with Gasteiger partial charge in [-0.1, -0.05) is 97.1 Å². The summed E-state index contributed by atoms with van der Waals surface area (Å²) >= 11 is 13.0. The Kier molecular flexibility index (Phi) is 8.17. The lowest BCUT2D eigenvalue weighted by Crippen LogP contribution is -2.49. The molecule has 0 unspecified atom stereocenters. The molecular weight excluding hydrogens is 503 g/mol. The van der Waals surface area contributed by atoms with E-state index in [1.807, 2.05) is 53.4 Å². The Hall–Kier alpha value is -2.82. The van der Waals surface area contributed by atoms with Crippen LogP contribution in [-0.4, -0.2) is 29.8 Å². The van der Waals surface area contributed by atoms with Gasteiger partial charge < -0.3 is 10.2 Å². The van der Waals surface area contributed by atoms with Crippen LogP contribution >= 0.6 is 23.2 Å². The highest BCUT2D eigenvalue weighted by atomic mass is 35.5. The molecule has 0 bridgehead atoms. The smallest absolute Gasteiger partial charge is 0.254 e. The summed E-state index contributed by atoms with van der Waals surface area (Å²) in [5.74, 6) is -0.295. The van der Waals surface area contributed by atoms with Crippen LogP contribution in [0.1, 0.15) is 71.1 Å². The van der Waals surface area contributed by atoms with Gasteiger partial charge in [-0.25, -0.2) is 0 Å². The Morgan fingerprint density at radius 3 is 2.38 bits per heavy atom. The second-order valence-electron chi connectivity index (χ2n) is 10.2. The van der Waals surface area contributed by atoms with E-state index in [4.69, 9.17) is 23.2 Å². The summed E-state index contributed by atoms with van der Waals surface area (Å²) in [6.07, 6.45) is 6.53. The van der Waals surface area contributed by atoms with E-state index in [1.165, 1.54) is 24.8 Å². The van der Waals surface area contributed by atoms with Gasteiger partial charge >= 0.3 is 0 Å². The molecule has 1 heterocycles. The van der Waals surface area contributed by atoms with Crippen LogP contribution in [0.3, 0.4) is 0 Å². The minimum absolute atomic E-state index is 0.0366. The maximum atomic E-state index is 13.9. The summed E-state index contributed by atoms with van der Waals surface area (Å²) in [4.78, 5) is 29.8. The molecule has 0 aromatic heterocycles. The lowest BCUT2D eigenvalue weighted by atomic mass is 9.78. The molecule has 1 N–H and O–H groups in total. The molecule has 0 spiro atoms. The van der Waals surface area contributed by atoms with E-state index in [2.05, 4.69) is 17.4 Å². The molecule has 5 rings (SSSR count). The Labute approximate surface area is 229 Å². The highest BCUT2D eigenvalue weighted by Crippen LogP contribution is 2.46. The van der Waals surface area contributed by atoms with Crippen molar-refractivity contribution in [2.75, 3.05) is 13.1 Å². The van der Waals surface area contributed by atoms with Crippen molar-refractivity contribution in [2.24, 2.45) is 5.92 Å². The molecule has 1 aliphatic carbocycles. The molecule has 0 saturated heterocycles. The Morgan fingerprint density at radius 2 is 1.62 bits per heavy atom. The SMILES string of the molecule is O=C(NCCc1ccccc1)[C@@H]1c2ccccc2C(=O)N(CC2CCCCC2)[C@H]1c1ccc(Cl)cc1Cl. The minimum Gasteiger partial charge on any atom is -0.355 e. The maximum Gasteiger partial charge on any atom is 0.254 e. The molecule has 0 radical (unpaired) electrons. The van der Waals surface area contributed by atoms with Crippen molar-refractivity contribution in [3.05, 3.63) is 105 Å². The van der Waals surface area contributed by atoms with Gasteiger partial charge in [-0.3, -0.25) is 9.59 Å². The normalized spacial score (nSPS) is 19.9. The summed E-state index contributed by atoms with van der Waals surface area (Å²) in [7, 11) is 0. The highest BCUT2D eigenvalue weighted by Gasteiger charge is 2.45. The first kappa shape index (κ1) is 25.8. The van der Waals surface area contributed by atoms with Crippen molar-refractivity contribution in [2.45, 2.75) is 50.5 Å². The van der Waals surface area contributed by atoms with E-state index in [0.29, 0.717) is 34.6 Å². The van der Waals surface area contributed by atoms with Gasteiger partial charge in [0.05, 0.1) is 12.0 Å². The van der Waals surface area contributed by atoms with Crippen LogP contribution in [0, 0.1) is 5.92 Å². The lowest BCUT2D eigenvalue weighted by Gasteiger charge is -2.44. The quantitative estimate of drug-likeness (QED) is 0.348. The van der Waals surface area contributed by atoms with Crippen LogP contribution in [-0.2, 0) is 11.2 Å². The van der Waals surface area contributed by atoms with E-state index >= 15 is 0 Å². The van der Waals surface area contributed by atoms with Crippen molar-refractivity contribution < 1.29 is 9.59 Å². The fraction of sp³-hybridized carbons (Fsp3) is 0.355. The van der Waals surface area contributed by atoms with Gasteiger partial charge in [0.1, 0.15) is 0 Å². The molecule has 6 heteroatoms. The van der Waals surface area contributed by atoms with Crippen LogP contribution in [0.4, 0.5) is 0 Å². The molecule has 2 atom stereocenters. The second-order valence-corrected chi connectivity index (χ2v) is 11.0. The number of hydrogen-bond acceptors (Lipinski definition) is 2. The van der Waals surface area contributed by atoms with Crippen LogP contribution in [0.2, 0.25) is 10.0 Å². The number of nitrogens with one attached hydrogen (secondary N) is 1. The molecule has 2 aliphatic rings. The molecule has 192 valence electrons. The standard InChI is InChI=1S/C31H32Cl2N2O2/c32-23-15-16-26(27(33)19-23)29-28(30(36)34-18-17-21-9-3-1-4-10-21)24-13-7-8-14-25(24)31(37)35(29)20-22-11-5-2-6-12-22/h1,3-4,7-10,13-16,19,22,28-29H,2,5-6,11-12,17-18,20H2,(H,34,36)/t28-,29+/m1/s1. The number of carbonyl (C=O) groups is 2. The van der Waals surface area contributed by atoms with Gasteiger partial charge in [0.2, 0.25) is 5.91 Å². The Bertz CT molecular complexity index is 1260. The van der Waals surface area contributed by atoms with Gasteiger partial charge in [0.25, 0.3) is 5.91 Å². The predicted octanol–water partition coefficient (Wildman–Crippen LogP) is 7.21. The predicted molar refractivity (Wildman–Crippen MR) is 149 cm³/mol. The number of benzene rings is 3. The average molecular weight is 536 g/mol. The largest absolute Gasteiger partial charge is 0.355 e. The van der Waals surface area contributed by atoms with E-state index in [-0.39, 0.29) is 11.8 Å². The molecule has 2 amide bonds.